The minimum atomic E-state index is 0.0972. The highest BCUT2D eigenvalue weighted by molar-refractivity contribution is 5.83. The Morgan fingerprint density at radius 2 is 2.03 bits per heavy atom. The summed E-state index contributed by atoms with van der Waals surface area (Å²) < 4.78 is 2.06. The lowest BCUT2D eigenvalue weighted by Crippen LogP contribution is -2.42. The third kappa shape index (κ3) is 4.18. The number of nitrogens with zero attached hydrogens (tertiary/aromatic N) is 4. The fraction of sp³-hybridized carbons (Fsp3) is 0.375. The molecule has 0 radical (unpaired) electrons. The maximum atomic E-state index is 12.4. The molecule has 160 valence electrons. The average molecular weight is 417 g/mol. The first kappa shape index (κ1) is 19.8. The van der Waals surface area contributed by atoms with E-state index in [1.54, 1.807) is 0 Å². The van der Waals surface area contributed by atoms with Crippen molar-refractivity contribution in [1.29, 1.82) is 0 Å². The Hall–Kier alpha value is -3.19. The van der Waals surface area contributed by atoms with Crippen LogP contribution in [0, 0.1) is 6.92 Å². The summed E-state index contributed by atoms with van der Waals surface area (Å²) in [7, 11) is 0. The molecule has 0 bridgehead atoms. The molecule has 1 amide bonds. The number of hydrogen-bond acceptors (Lipinski definition) is 4. The standard InChI is InChI=1S/C24H28N6O/c1-17-6-7-23-22(14-17)27-28-30(23)19-9-12-29(13-10-19)16-24(31)25-11-8-18-15-26-21-5-3-2-4-20(18)21/h2-7,14-15,19,26H,8-13,16H2,1H3,(H,25,31). The fourth-order valence-electron chi connectivity index (χ4n) is 4.58. The van der Waals surface area contributed by atoms with Gasteiger partial charge in [-0.3, -0.25) is 9.69 Å². The molecule has 0 atom stereocenters. The lowest BCUT2D eigenvalue weighted by Gasteiger charge is -2.31. The molecule has 4 aromatic rings. The van der Waals surface area contributed by atoms with E-state index in [0.717, 1.165) is 48.9 Å². The number of piperidine rings is 1. The number of amides is 1. The van der Waals surface area contributed by atoms with Crippen molar-refractivity contribution in [3.8, 4) is 0 Å². The summed E-state index contributed by atoms with van der Waals surface area (Å²) in [5, 5.41) is 13.0. The number of aryl methyl sites for hydroxylation is 1. The number of carbonyl (C=O) groups is 1. The SMILES string of the molecule is Cc1ccc2c(c1)nnn2C1CCN(CC(=O)NCCc2c[nH]c3ccccc23)CC1. The van der Waals surface area contributed by atoms with E-state index in [0.29, 0.717) is 19.1 Å². The molecule has 1 aliphatic rings. The summed E-state index contributed by atoms with van der Waals surface area (Å²) in [6.07, 6.45) is 4.83. The number of benzene rings is 2. The van der Waals surface area contributed by atoms with Crippen LogP contribution < -0.4 is 5.32 Å². The molecular weight excluding hydrogens is 388 g/mol. The number of aromatic nitrogens is 4. The monoisotopic (exact) mass is 416 g/mol. The Balaban J connectivity index is 1.10. The van der Waals surface area contributed by atoms with Crippen molar-refractivity contribution in [2.24, 2.45) is 0 Å². The first-order valence-electron chi connectivity index (χ1n) is 11.0. The molecule has 1 fully saturated rings. The highest BCUT2D eigenvalue weighted by Gasteiger charge is 2.24. The van der Waals surface area contributed by atoms with Crippen LogP contribution in [-0.2, 0) is 11.2 Å². The quantitative estimate of drug-likeness (QED) is 0.506. The van der Waals surface area contributed by atoms with Crippen LogP contribution in [0.25, 0.3) is 21.9 Å². The molecule has 2 aromatic carbocycles. The van der Waals surface area contributed by atoms with Gasteiger partial charge in [-0.05, 0) is 55.5 Å². The van der Waals surface area contributed by atoms with E-state index >= 15 is 0 Å². The summed E-state index contributed by atoms with van der Waals surface area (Å²) in [5.74, 6) is 0.0972. The van der Waals surface area contributed by atoms with Gasteiger partial charge in [0.1, 0.15) is 5.52 Å². The molecule has 1 saturated heterocycles. The van der Waals surface area contributed by atoms with E-state index in [2.05, 4.69) is 67.5 Å². The molecule has 0 saturated carbocycles. The van der Waals surface area contributed by atoms with E-state index in [4.69, 9.17) is 0 Å². The van der Waals surface area contributed by atoms with Crippen LogP contribution in [-0.4, -0.2) is 57.0 Å². The van der Waals surface area contributed by atoms with Crippen molar-refractivity contribution >= 4 is 27.8 Å². The second kappa shape index (κ2) is 8.51. The number of rotatable bonds is 6. The van der Waals surface area contributed by atoms with Gasteiger partial charge >= 0.3 is 0 Å². The van der Waals surface area contributed by atoms with Crippen LogP contribution in [0.2, 0.25) is 0 Å². The molecule has 0 spiro atoms. The van der Waals surface area contributed by atoms with Gasteiger partial charge in [0, 0.05) is 36.7 Å². The van der Waals surface area contributed by atoms with Crippen molar-refractivity contribution in [3.63, 3.8) is 0 Å². The van der Waals surface area contributed by atoms with Gasteiger partial charge in [0.05, 0.1) is 18.1 Å². The topological polar surface area (TPSA) is 78.8 Å². The summed E-state index contributed by atoms with van der Waals surface area (Å²) in [6, 6.07) is 14.9. The molecule has 2 aromatic heterocycles. The van der Waals surface area contributed by atoms with Crippen LogP contribution in [0.4, 0.5) is 0 Å². The van der Waals surface area contributed by atoms with Crippen molar-refractivity contribution in [1.82, 2.24) is 30.2 Å². The fourth-order valence-corrected chi connectivity index (χ4v) is 4.58. The van der Waals surface area contributed by atoms with Crippen LogP contribution >= 0.6 is 0 Å². The largest absolute Gasteiger partial charge is 0.361 e. The summed E-state index contributed by atoms with van der Waals surface area (Å²) >= 11 is 0. The second-order valence-corrected chi connectivity index (χ2v) is 8.49. The number of carbonyl (C=O) groups excluding carboxylic acids is 1. The third-order valence-electron chi connectivity index (χ3n) is 6.29. The highest BCUT2D eigenvalue weighted by atomic mass is 16.2. The first-order chi connectivity index (χ1) is 15.2. The number of fused-ring (bicyclic) bond motifs is 2. The van der Waals surface area contributed by atoms with E-state index in [1.165, 1.54) is 16.5 Å². The molecular formula is C24H28N6O. The maximum absolute atomic E-state index is 12.4. The first-order valence-corrected chi connectivity index (χ1v) is 11.0. The number of aromatic amines is 1. The minimum Gasteiger partial charge on any atom is -0.361 e. The second-order valence-electron chi connectivity index (χ2n) is 8.49. The Labute approximate surface area is 181 Å². The molecule has 5 rings (SSSR count). The zero-order chi connectivity index (χ0) is 21.2. The average Bonchev–Trinajstić information content (AvgIpc) is 3.38. The molecule has 0 unspecified atom stereocenters. The highest BCUT2D eigenvalue weighted by Crippen LogP contribution is 2.25. The van der Waals surface area contributed by atoms with E-state index in [1.807, 2.05) is 18.3 Å². The predicted octanol–water partition coefficient (Wildman–Crippen LogP) is 3.22. The van der Waals surface area contributed by atoms with Gasteiger partial charge in [-0.25, -0.2) is 4.68 Å². The Morgan fingerprint density at radius 3 is 2.90 bits per heavy atom. The zero-order valence-corrected chi connectivity index (χ0v) is 17.8. The van der Waals surface area contributed by atoms with Gasteiger partial charge in [-0.1, -0.05) is 29.5 Å². The van der Waals surface area contributed by atoms with Gasteiger partial charge in [0.15, 0.2) is 0 Å². The summed E-state index contributed by atoms with van der Waals surface area (Å²) in [4.78, 5) is 18.0. The normalized spacial score (nSPS) is 15.6. The molecule has 1 aliphatic heterocycles. The molecule has 7 nitrogen and oxygen atoms in total. The molecule has 31 heavy (non-hydrogen) atoms. The summed E-state index contributed by atoms with van der Waals surface area (Å²) in [5.41, 5.74) is 5.63. The van der Waals surface area contributed by atoms with E-state index < -0.39 is 0 Å². The van der Waals surface area contributed by atoms with E-state index in [9.17, 15) is 4.79 Å². The smallest absolute Gasteiger partial charge is 0.234 e. The lowest BCUT2D eigenvalue weighted by atomic mass is 10.0. The van der Waals surface area contributed by atoms with Crippen LogP contribution in [0.15, 0.2) is 48.7 Å². The third-order valence-corrected chi connectivity index (χ3v) is 6.29. The van der Waals surface area contributed by atoms with Crippen molar-refractivity contribution in [3.05, 3.63) is 59.8 Å². The van der Waals surface area contributed by atoms with Crippen molar-refractivity contribution in [2.75, 3.05) is 26.2 Å². The molecule has 7 heteroatoms. The molecule has 3 heterocycles. The number of para-hydroxylation sites is 1. The van der Waals surface area contributed by atoms with Crippen molar-refractivity contribution in [2.45, 2.75) is 32.2 Å². The maximum Gasteiger partial charge on any atom is 0.234 e. The number of likely N-dealkylation sites (tertiary alicyclic amines) is 1. The Morgan fingerprint density at radius 1 is 1.19 bits per heavy atom. The van der Waals surface area contributed by atoms with Gasteiger partial charge in [-0.2, -0.15) is 0 Å². The Bertz CT molecular complexity index is 1200. The zero-order valence-electron chi connectivity index (χ0n) is 17.8. The number of H-pyrrole nitrogens is 1. The number of hydrogen-bond donors (Lipinski definition) is 2. The van der Waals surface area contributed by atoms with Gasteiger partial charge in [0.25, 0.3) is 0 Å². The van der Waals surface area contributed by atoms with E-state index in [-0.39, 0.29) is 5.91 Å². The molecule has 0 aliphatic carbocycles. The van der Waals surface area contributed by atoms with Crippen molar-refractivity contribution < 1.29 is 4.79 Å². The lowest BCUT2D eigenvalue weighted by molar-refractivity contribution is -0.122. The summed E-state index contributed by atoms with van der Waals surface area (Å²) in [6.45, 7) is 4.98. The van der Waals surface area contributed by atoms with Crippen LogP contribution in [0.5, 0.6) is 0 Å². The van der Waals surface area contributed by atoms with Gasteiger partial charge in [-0.15, -0.1) is 5.10 Å². The van der Waals surface area contributed by atoms with Gasteiger partial charge < -0.3 is 10.3 Å². The minimum absolute atomic E-state index is 0.0972. The van der Waals surface area contributed by atoms with Gasteiger partial charge in [0.2, 0.25) is 5.91 Å². The number of nitrogens with one attached hydrogen (secondary N) is 2. The van der Waals surface area contributed by atoms with Crippen LogP contribution in [0.1, 0.15) is 30.0 Å². The Kier molecular flexibility index (Phi) is 5.42. The van der Waals surface area contributed by atoms with Crippen LogP contribution in [0.3, 0.4) is 0 Å². The predicted molar refractivity (Wildman–Crippen MR) is 122 cm³/mol. The molecule has 2 N–H and O–H groups in total.